The Balaban J connectivity index is 1.67. The van der Waals surface area contributed by atoms with Crippen LogP contribution in [0.4, 0.5) is 0 Å². The van der Waals surface area contributed by atoms with E-state index in [1.54, 1.807) is 44.2 Å². The van der Waals surface area contributed by atoms with Crippen LogP contribution in [0.15, 0.2) is 48.7 Å². The fourth-order valence-electron chi connectivity index (χ4n) is 3.41. The number of aliphatic hydroxyl groups excluding tert-OH is 1. The van der Waals surface area contributed by atoms with E-state index in [0.717, 1.165) is 5.69 Å². The maximum atomic E-state index is 13.0. The number of likely N-dealkylation sites (tertiary alicyclic amines) is 1. The molecule has 1 aromatic carbocycles. The van der Waals surface area contributed by atoms with Crippen LogP contribution in [0.5, 0.6) is 11.5 Å². The summed E-state index contributed by atoms with van der Waals surface area (Å²) in [6, 6.07) is 13.0. The Bertz CT molecular complexity index is 779. The number of nitrogens with zero attached hydrogens (tertiary/aromatic N) is 2. The fourth-order valence-corrected chi connectivity index (χ4v) is 3.41. The Morgan fingerprint density at radius 2 is 1.89 bits per heavy atom. The van der Waals surface area contributed by atoms with Crippen molar-refractivity contribution in [3.63, 3.8) is 0 Å². The van der Waals surface area contributed by atoms with Crippen molar-refractivity contribution in [3.05, 3.63) is 54.4 Å². The monoisotopic (exact) mass is 370 g/mol. The highest BCUT2D eigenvalue weighted by molar-refractivity contribution is 5.85. The number of hydrogen-bond acceptors (Lipinski definition) is 5. The molecule has 0 aliphatic carbocycles. The fraction of sp³-hybridized carbons (Fsp3) is 0.429. The van der Waals surface area contributed by atoms with Crippen molar-refractivity contribution >= 4 is 5.91 Å². The molecule has 1 amide bonds. The average molecular weight is 370 g/mol. The Hall–Kier alpha value is -2.60. The van der Waals surface area contributed by atoms with E-state index in [9.17, 15) is 9.90 Å². The Labute approximate surface area is 159 Å². The minimum atomic E-state index is -1.08. The summed E-state index contributed by atoms with van der Waals surface area (Å²) in [4.78, 5) is 19.0. The van der Waals surface area contributed by atoms with Crippen LogP contribution < -0.4 is 9.47 Å². The number of aromatic nitrogens is 1. The molecule has 3 rings (SSSR count). The second-order valence-electron chi connectivity index (χ2n) is 7.33. The van der Waals surface area contributed by atoms with Gasteiger partial charge >= 0.3 is 0 Å². The van der Waals surface area contributed by atoms with Crippen molar-refractivity contribution in [2.75, 3.05) is 20.2 Å². The van der Waals surface area contributed by atoms with Gasteiger partial charge in [0.25, 0.3) is 5.91 Å². The number of para-hydroxylation sites is 2. The molecule has 6 nitrogen and oxygen atoms in total. The Morgan fingerprint density at radius 3 is 2.56 bits per heavy atom. The van der Waals surface area contributed by atoms with Gasteiger partial charge in [-0.3, -0.25) is 9.78 Å². The third kappa shape index (κ3) is 4.39. The highest BCUT2D eigenvalue weighted by Gasteiger charge is 2.41. The van der Waals surface area contributed by atoms with Gasteiger partial charge in [-0.15, -0.1) is 0 Å². The zero-order valence-electron chi connectivity index (χ0n) is 16.0. The molecule has 0 radical (unpaired) electrons. The summed E-state index contributed by atoms with van der Waals surface area (Å²) < 4.78 is 11.3. The lowest BCUT2D eigenvalue weighted by atomic mass is 10.00. The predicted octanol–water partition coefficient (Wildman–Crippen LogP) is 2.31. The van der Waals surface area contributed by atoms with Crippen molar-refractivity contribution in [1.29, 1.82) is 0 Å². The molecule has 2 aromatic rings. The van der Waals surface area contributed by atoms with Gasteiger partial charge in [0, 0.05) is 30.9 Å². The Kier molecular flexibility index (Phi) is 5.65. The summed E-state index contributed by atoms with van der Waals surface area (Å²) in [5, 5.41) is 10.4. The highest BCUT2D eigenvalue weighted by atomic mass is 16.5. The van der Waals surface area contributed by atoms with E-state index in [4.69, 9.17) is 9.47 Å². The van der Waals surface area contributed by atoms with Crippen LogP contribution in [-0.4, -0.2) is 52.8 Å². The zero-order chi connectivity index (χ0) is 19.4. The van der Waals surface area contributed by atoms with Crippen molar-refractivity contribution in [2.24, 2.45) is 5.92 Å². The molecule has 1 fully saturated rings. The molecular formula is C21H26N2O4. The summed E-state index contributed by atoms with van der Waals surface area (Å²) >= 11 is 0. The number of carbonyl (C=O) groups excluding carboxylic acids is 1. The SMILES string of the molecule is COc1ccccc1OC(C)(C)C(=O)N1C[C@@H](Cc2ccccn2)[C@H](O)C1. The summed E-state index contributed by atoms with van der Waals surface area (Å²) in [5.74, 6) is 0.901. The standard InChI is InChI=1S/C21H26N2O4/c1-21(2,27-19-10-5-4-9-18(19)26-3)20(25)23-13-15(17(24)14-23)12-16-8-6-7-11-22-16/h4-11,15,17,24H,12-14H2,1-3H3/t15-,17-/m1/s1. The molecule has 1 N–H and O–H groups in total. The maximum Gasteiger partial charge on any atom is 0.266 e. The number of carbonyl (C=O) groups is 1. The lowest BCUT2D eigenvalue weighted by molar-refractivity contribution is -0.144. The number of ether oxygens (including phenoxy) is 2. The first-order valence-electron chi connectivity index (χ1n) is 9.10. The third-order valence-electron chi connectivity index (χ3n) is 4.84. The number of methoxy groups -OCH3 is 1. The van der Waals surface area contributed by atoms with Crippen LogP contribution in [0, 0.1) is 5.92 Å². The van der Waals surface area contributed by atoms with Crippen LogP contribution in [0.2, 0.25) is 0 Å². The van der Waals surface area contributed by atoms with E-state index in [2.05, 4.69) is 4.98 Å². The van der Waals surface area contributed by atoms with E-state index in [0.29, 0.717) is 31.0 Å². The normalized spacial score (nSPS) is 19.8. The molecule has 0 unspecified atom stereocenters. The van der Waals surface area contributed by atoms with Crippen LogP contribution in [-0.2, 0) is 11.2 Å². The number of aliphatic hydroxyl groups is 1. The van der Waals surface area contributed by atoms with Crippen molar-refractivity contribution in [3.8, 4) is 11.5 Å². The number of pyridine rings is 1. The van der Waals surface area contributed by atoms with Crippen LogP contribution in [0.3, 0.4) is 0 Å². The molecule has 2 atom stereocenters. The van der Waals surface area contributed by atoms with E-state index >= 15 is 0 Å². The minimum absolute atomic E-state index is 0.0362. The summed E-state index contributed by atoms with van der Waals surface area (Å²) in [7, 11) is 1.57. The van der Waals surface area contributed by atoms with Gasteiger partial charge in [0.1, 0.15) is 0 Å². The Morgan fingerprint density at radius 1 is 1.19 bits per heavy atom. The van der Waals surface area contributed by atoms with Crippen LogP contribution in [0.25, 0.3) is 0 Å². The molecule has 0 saturated carbocycles. The topological polar surface area (TPSA) is 71.9 Å². The number of rotatable bonds is 6. The van der Waals surface area contributed by atoms with Crippen molar-refractivity contribution in [2.45, 2.75) is 32.0 Å². The molecule has 6 heteroatoms. The van der Waals surface area contributed by atoms with Crippen molar-refractivity contribution in [1.82, 2.24) is 9.88 Å². The first-order chi connectivity index (χ1) is 12.9. The number of benzene rings is 1. The predicted molar refractivity (Wildman–Crippen MR) is 102 cm³/mol. The van der Waals surface area contributed by atoms with Crippen molar-refractivity contribution < 1.29 is 19.4 Å². The molecule has 27 heavy (non-hydrogen) atoms. The van der Waals surface area contributed by atoms with Gasteiger partial charge in [0.05, 0.1) is 13.2 Å². The second kappa shape index (κ2) is 7.96. The van der Waals surface area contributed by atoms with E-state index in [1.165, 1.54) is 0 Å². The molecule has 1 aromatic heterocycles. The van der Waals surface area contributed by atoms with Gasteiger partial charge in [-0.1, -0.05) is 18.2 Å². The molecule has 1 aliphatic heterocycles. The van der Waals surface area contributed by atoms with Gasteiger partial charge in [-0.2, -0.15) is 0 Å². The summed E-state index contributed by atoms with van der Waals surface area (Å²) in [6.45, 7) is 4.25. The van der Waals surface area contributed by atoms with Gasteiger partial charge in [0.15, 0.2) is 17.1 Å². The van der Waals surface area contributed by atoms with Crippen LogP contribution >= 0.6 is 0 Å². The smallest absolute Gasteiger partial charge is 0.266 e. The largest absolute Gasteiger partial charge is 0.493 e. The zero-order valence-corrected chi connectivity index (χ0v) is 16.0. The molecule has 1 aliphatic rings. The minimum Gasteiger partial charge on any atom is -0.493 e. The maximum absolute atomic E-state index is 13.0. The van der Waals surface area contributed by atoms with Crippen LogP contribution in [0.1, 0.15) is 19.5 Å². The summed E-state index contributed by atoms with van der Waals surface area (Å²) in [5.41, 5.74) is -0.158. The van der Waals surface area contributed by atoms with Gasteiger partial charge in [0.2, 0.25) is 0 Å². The summed E-state index contributed by atoms with van der Waals surface area (Å²) in [6.07, 6.45) is 1.81. The lowest BCUT2D eigenvalue weighted by Crippen LogP contribution is -2.48. The van der Waals surface area contributed by atoms with Gasteiger partial charge < -0.3 is 19.5 Å². The highest BCUT2D eigenvalue weighted by Crippen LogP contribution is 2.31. The first kappa shape index (κ1) is 19.2. The van der Waals surface area contributed by atoms with E-state index < -0.39 is 11.7 Å². The van der Waals surface area contributed by atoms with Gasteiger partial charge in [-0.05, 0) is 44.5 Å². The molecule has 1 saturated heterocycles. The quantitative estimate of drug-likeness (QED) is 0.845. The van der Waals surface area contributed by atoms with E-state index in [1.807, 2.05) is 30.3 Å². The number of hydrogen-bond donors (Lipinski definition) is 1. The third-order valence-corrected chi connectivity index (χ3v) is 4.84. The second-order valence-corrected chi connectivity index (χ2v) is 7.33. The molecule has 2 heterocycles. The molecule has 144 valence electrons. The average Bonchev–Trinajstić information content (AvgIpc) is 3.02. The first-order valence-corrected chi connectivity index (χ1v) is 9.10. The van der Waals surface area contributed by atoms with E-state index in [-0.39, 0.29) is 11.8 Å². The molecule has 0 spiro atoms. The molecule has 0 bridgehead atoms. The molecular weight excluding hydrogens is 344 g/mol. The number of β-amino-alcohol motifs (C(OH)–C–C–N with tert-alkyl or cyclic N) is 1. The van der Waals surface area contributed by atoms with Gasteiger partial charge in [-0.25, -0.2) is 0 Å². The lowest BCUT2D eigenvalue weighted by Gasteiger charge is -2.30. The number of amides is 1.